The van der Waals surface area contributed by atoms with Crippen molar-refractivity contribution in [3.05, 3.63) is 41.0 Å². The lowest BCUT2D eigenvalue weighted by molar-refractivity contribution is 0.253. The summed E-state index contributed by atoms with van der Waals surface area (Å²) in [7, 11) is 0. The van der Waals surface area contributed by atoms with Gasteiger partial charge in [0.15, 0.2) is 11.6 Å². The Hall–Kier alpha value is -3.11. The predicted molar refractivity (Wildman–Crippen MR) is 89.7 cm³/mol. The quantitative estimate of drug-likeness (QED) is 0.295. The van der Waals surface area contributed by atoms with E-state index in [9.17, 15) is 9.59 Å². The van der Waals surface area contributed by atoms with Crippen LogP contribution in [0.4, 0.5) is 21.2 Å². The molecule has 0 bridgehead atoms. The first-order valence-corrected chi connectivity index (χ1v) is 7.18. The molecular formula is C14H20N8O2. The molecule has 4 amide bonds. The third kappa shape index (κ3) is 3.45. The largest absolute Gasteiger partial charge is 0.350 e. The first-order chi connectivity index (χ1) is 11.3. The number of primary amides is 2. The summed E-state index contributed by atoms with van der Waals surface area (Å²) >= 11 is 0. The number of aromatic amines is 1. The molecule has 2 rings (SSSR count). The normalized spacial score (nSPS) is 10.5. The van der Waals surface area contributed by atoms with Crippen LogP contribution in [0.25, 0.3) is 0 Å². The van der Waals surface area contributed by atoms with Gasteiger partial charge in [-0.25, -0.2) is 31.3 Å². The summed E-state index contributed by atoms with van der Waals surface area (Å²) < 4.78 is 0. The molecule has 1 heterocycles. The molecule has 0 radical (unpaired) electrons. The summed E-state index contributed by atoms with van der Waals surface area (Å²) in [5.74, 6) is 11.5. The van der Waals surface area contributed by atoms with Crippen LogP contribution in [0, 0.1) is 0 Å². The second-order valence-corrected chi connectivity index (χ2v) is 5.14. The third-order valence-corrected chi connectivity index (χ3v) is 3.58. The maximum atomic E-state index is 11.3. The highest BCUT2D eigenvalue weighted by atomic mass is 16.2. The van der Waals surface area contributed by atoms with Crippen molar-refractivity contribution in [2.45, 2.75) is 19.8 Å². The molecule has 1 aromatic heterocycles. The van der Waals surface area contributed by atoms with E-state index in [0.29, 0.717) is 22.0 Å². The van der Waals surface area contributed by atoms with Gasteiger partial charge in [-0.3, -0.25) is 5.10 Å². The van der Waals surface area contributed by atoms with Crippen LogP contribution >= 0.6 is 0 Å². The van der Waals surface area contributed by atoms with Crippen LogP contribution in [0.15, 0.2) is 24.3 Å². The zero-order valence-corrected chi connectivity index (χ0v) is 13.2. The fraction of sp³-hybridized carbons (Fsp3) is 0.214. The van der Waals surface area contributed by atoms with Crippen molar-refractivity contribution in [3.63, 3.8) is 0 Å². The van der Waals surface area contributed by atoms with Gasteiger partial charge in [-0.15, -0.1) is 0 Å². The van der Waals surface area contributed by atoms with Crippen molar-refractivity contribution in [1.82, 2.24) is 10.2 Å². The van der Waals surface area contributed by atoms with Gasteiger partial charge in [-0.2, -0.15) is 5.10 Å². The lowest BCUT2D eigenvalue weighted by Crippen LogP contribution is -2.43. The van der Waals surface area contributed by atoms with E-state index < -0.39 is 12.1 Å². The number of H-pyrrole nitrogens is 1. The molecule has 9 N–H and O–H groups in total. The summed E-state index contributed by atoms with van der Waals surface area (Å²) in [4.78, 5) is 22.7. The number of nitrogens with zero attached hydrogens (tertiary/aromatic N) is 3. The van der Waals surface area contributed by atoms with Crippen LogP contribution in [0.2, 0.25) is 0 Å². The topological polar surface area (TPSA) is 173 Å². The molecule has 0 aliphatic rings. The molecule has 0 atom stereocenters. The number of hydrazine groups is 2. The second-order valence-electron chi connectivity index (χ2n) is 5.14. The number of rotatable bonds is 5. The molecule has 1 aromatic carbocycles. The lowest BCUT2D eigenvalue weighted by Gasteiger charge is -2.16. The molecule has 128 valence electrons. The third-order valence-electron chi connectivity index (χ3n) is 3.58. The van der Waals surface area contributed by atoms with E-state index in [1.807, 2.05) is 24.3 Å². The molecule has 0 fully saturated rings. The van der Waals surface area contributed by atoms with Crippen molar-refractivity contribution in [1.29, 1.82) is 0 Å². The average Bonchev–Trinajstić information content (AvgIpc) is 2.97. The Kier molecular flexibility index (Phi) is 5.02. The Bertz CT molecular complexity index is 702. The Morgan fingerprint density at radius 1 is 1.04 bits per heavy atom. The number of amides is 4. The summed E-state index contributed by atoms with van der Waals surface area (Å²) in [6.45, 7) is 2.06. The lowest BCUT2D eigenvalue weighted by atomic mass is 10.0. The SMILES string of the molecule is CCc1ccc(Cc2c(N(N)C(N)=O)n[nH]c2N(N)C(N)=O)cc1. The van der Waals surface area contributed by atoms with Gasteiger partial charge < -0.3 is 11.5 Å². The smallest absolute Gasteiger partial charge is 0.335 e. The van der Waals surface area contributed by atoms with Crippen LogP contribution in [0.5, 0.6) is 0 Å². The van der Waals surface area contributed by atoms with E-state index in [0.717, 1.165) is 12.0 Å². The van der Waals surface area contributed by atoms with Gasteiger partial charge in [-0.1, -0.05) is 31.2 Å². The Labute approximate surface area is 138 Å². The van der Waals surface area contributed by atoms with E-state index in [1.165, 1.54) is 5.56 Å². The number of urea groups is 2. The van der Waals surface area contributed by atoms with Crippen molar-refractivity contribution >= 4 is 23.7 Å². The van der Waals surface area contributed by atoms with Crippen LogP contribution in [0.1, 0.15) is 23.6 Å². The number of anilines is 2. The number of benzene rings is 1. The summed E-state index contributed by atoms with van der Waals surface area (Å²) in [5, 5.41) is 7.84. The van der Waals surface area contributed by atoms with Crippen LogP contribution < -0.4 is 33.2 Å². The minimum absolute atomic E-state index is 0.0637. The zero-order chi connectivity index (χ0) is 17.9. The van der Waals surface area contributed by atoms with Crippen molar-refractivity contribution in [3.8, 4) is 0 Å². The van der Waals surface area contributed by atoms with E-state index in [4.69, 9.17) is 23.2 Å². The number of hydrogen-bond acceptors (Lipinski definition) is 5. The minimum Gasteiger partial charge on any atom is -0.350 e. The summed E-state index contributed by atoms with van der Waals surface area (Å²) in [5.41, 5.74) is 12.9. The zero-order valence-electron chi connectivity index (χ0n) is 13.2. The molecule has 24 heavy (non-hydrogen) atoms. The standard InChI is InChI=1S/C14H20N8O2/c1-2-8-3-5-9(6-4-8)7-10-11(21(17)13(15)23)19-20-12(10)22(18)14(16)24/h3-6H,2,7,17-18H2,1H3,(H2,15,23)(H2,16,24)(H,19,20). The maximum Gasteiger partial charge on any atom is 0.335 e. The number of carbonyl (C=O) groups is 2. The Balaban J connectivity index is 2.44. The molecule has 0 spiro atoms. The Morgan fingerprint density at radius 3 is 2.08 bits per heavy atom. The predicted octanol–water partition coefficient (Wildman–Crippen LogP) is 0.0805. The molecular weight excluding hydrogens is 312 g/mol. The van der Waals surface area contributed by atoms with Gasteiger partial charge >= 0.3 is 12.1 Å². The average molecular weight is 332 g/mol. The number of hydrogen-bond donors (Lipinski definition) is 5. The number of nitrogens with two attached hydrogens (primary N) is 4. The number of carbonyl (C=O) groups excluding carboxylic acids is 2. The summed E-state index contributed by atoms with van der Waals surface area (Å²) in [6, 6.07) is 6.02. The van der Waals surface area contributed by atoms with Crippen LogP contribution in [0.3, 0.4) is 0 Å². The van der Waals surface area contributed by atoms with E-state index in [-0.39, 0.29) is 11.6 Å². The fourth-order valence-electron chi connectivity index (χ4n) is 2.22. The highest BCUT2D eigenvalue weighted by Gasteiger charge is 2.24. The number of nitrogens with one attached hydrogen (secondary N) is 1. The first-order valence-electron chi connectivity index (χ1n) is 7.18. The van der Waals surface area contributed by atoms with E-state index in [1.54, 1.807) is 0 Å². The molecule has 10 heteroatoms. The van der Waals surface area contributed by atoms with E-state index >= 15 is 0 Å². The van der Waals surface area contributed by atoms with Crippen LogP contribution in [-0.2, 0) is 12.8 Å². The highest BCUT2D eigenvalue weighted by Crippen LogP contribution is 2.28. The molecule has 10 nitrogen and oxygen atoms in total. The van der Waals surface area contributed by atoms with Crippen molar-refractivity contribution < 1.29 is 9.59 Å². The summed E-state index contributed by atoms with van der Waals surface area (Å²) in [6.07, 6.45) is 1.23. The van der Waals surface area contributed by atoms with Gasteiger partial charge in [0.25, 0.3) is 0 Å². The van der Waals surface area contributed by atoms with E-state index in [2.05, 4.69) is 17.1 Å². The van der Waals surface area contributed by atoms with Crippen molar-refractivity contribution in [2.24, 2.45) is 23.2 Å². The van der Waals surface area contributed by atoms with Gasteiger partial charge in [0, 0.05) is 12.0 Å². The molecule has 2 aromatic rings. The fourth-order valence-corrected chi connectivity index (χ4v) is 2.22. The van der Waals surface area contributed by atoms with Gasteiger partial charge in [0.05, 0.1) is 0 Å². The molecule has 0 aliphatic carbocycles. The van der Waals surface area contributed by atoms with Gasteiger partial charge in [0.2, 0.25) is 0 Å². The van der Waals surface area contributed by atoms with Gasteiger partial charge in [-0.05, 0) is 17.5 Å². The monoisotopic (exact) mass is 332 g/mol. The molecule has 0 aliphatic heterocycles. The van der Waals surface area contributed by atoms with Crippen molar-refractivity contribution in [2.75, 3.05) is 10.0 Å². The van der Waals surface area contributed by atoms with Gasteiger partial charge in [0.1, 0.15) is 0 Å². The molecule has 0 saturated carbocycles. The molecule has 0 saturated heterocycles. The van der Waals surface area contributed by atoms with Crippen LogP contribution in [-0.4, -0.2) is 22.3 Å². The maximum absolute atomic E-state index is 11.3. The minimum atomic E-state index is -0.904. The second kappa shape index (κ2) is 6.98. The Morgan fingerprint density at radius 2 is 1.58 bits per heavy atom. The number of aromatic nitrogens is 2. The number of aryl methyl sites for hydroxylation is 1. The highest BCUT2D eigenvalue weighted by molar-refractivity contribution is 5.93. The first kappa shape index (κ1) is 17.2. The molecule has 0 unspecified atom stereocenters.